The number of fused-ring (bicyclic) bond motifs is 1. The van der Waals surface area contributed by atoms with Crippen molar-refractivity contribution in [1.82, 2.24) is 10.3 Å². The van der Waals surface area contributed by atoms with Gasteiger partial charge in [-0.1, -0.05) is 35.5 Å². The molecule has 2 aromatic carbocycles. The molecule has 1 heterocycles. The monoisotopic (exact) mass is 380 g/mol. The van der Waals surface area contributed by atoms with Gasteiger partial charge in [-0.3, -0.25) is 4.79 Å². The smallest absolute Gasteiger partial charge is 0.230 e. The fraction of sp³-hybridized carbons (Fsp3) is 0.176. The minimum atomic E-state index is -0.288. The molecule has 1 amide bonds. The third kappa shape index (κ3) is 4.26. The summed E-state index contributed by atoms with van der Waals surface area (Å²) in [5.41, 5.74) is 1.71. The molecule has 3 rings (SSSR count). The molecule has 0 saturated heterocycles. The molecule has 0 radical (unpaired) electrons. The summed E-state index contributed by atoms with van der Waals surface area (Å²) in [6.07, 6.45) is 0. The van der Waals surface area contributed by atoms with Gasteiger partial charge >= 0.3 is 0 Å². The Kier molecular flexibility index (Phi) is 5.38. The lowest BCUT2D eigenvalue weighted by molar-refractivity contribution is -0.119. The van der Waals surface area contributed by atoms with Gasteiger partial charge in [0, 0.05) is 5.02 Å². The van der Waals surface area contributed by atoms with E-state index >= 15 is 0 Å². The van der Waals surface area contributed by atoms with Gasteiger partial charge < -0.3 is 5.32 Å². The summed E-state index contributed by atoms with van der Waals surface area (Å²) in [4.78, 5) is 16.6. The number of thiazole rings is 1. The first kappa shape index (κ1) is 17.2. The zero-order valence-electron chi connectivity index (χ0n) is 12.8. The van der Waals surface area contributed by atoms with Crippen molar-refractivity contribution in [2.75, 3.05) is 5.75 Å². The van der Waals surface area contributed by atoms with E-state index in [2.05, 4.69) is 10.3 Å². The van der Waals surface area contributed by atoms with Gasteiger partial charge in [-0.25, -0.2) is 9.37 Å². The Labute approximate surface area is 152 Å². The Balaban J connectivity index is 1.57. The minimum absolute atomic E-state index is 0.0888. The van der Waals surface area contributed by atoms with Crippen LogP contribution in [-0.2, 0) is 4.79 Å². The van der Waals surface area contributed by atoms with Gasteiger partial charge in [0.05, 0.1) is 22.0 Å². The highest BCUT2D eigenvalue weighted by Gasteiger charge is 2.12. The first-order chi connectivity index (χ1) is 11.5. The number of benzene rings is 2. The number of amides is 1. The van der Waals surface area contributed by atoms with Crippen LogP contribution in [0.4, 0.5) is 4.39 Å². The van der Waals surface area contributed by atoms with Crippen molar-refractivity contribution < 1.29 is 9.18 Å². The summed E-state index contributed by atoms with van der Waals surface area (Å²) in [5, 5.41) is 3.55. The maximum atomic E-state index is 12.9. The molecule has 1 unspecified atom stereocenters. The predicted molar refractivity (Wildman–Crippen MR) is 98.3 cm³/mol. The van der Waals surface area contributed by atoms with Crippen molar-refractivity contribution >= 4 is 50.8 Å². The molecule has 3 nitrogen and oxygen atoms in total. The van der Waals surface area contributed by atoms with Gasteiger partial charge in [-0.2, -0.15) is 0 Å². The fourth-order valence-corrected chi connectivity index (χ4v) is 4.21. The van der Waals surface area contributed by atoms with Gasteiger partial charge in [0.15, 0.2) is 4.34 Å². The normalized spacial score (nSPS) is 12.3. The Morgan fingerprint density at radius 2 is 2.08 bits per heavy atom. The van der Waals surface area contributed by atoms with Crippen molar-refractivity contribution in [2.24, 2.45) is 0 Å². The summed E-state index contributed by atoms with van der Waals surface area (Å²) in [6.45, 7) is 1.87. The van der Waals surface area contributed by atoms with Crippen LogP contribution in [0.1, 0.15) is 18.5 Å². The van der Waals surface area contributed by atoms with Crippen LogP contribution < -0.4 is 5.32 Å². The number of carbonyl (C=O) groups is 1. The van der Waals surface area contributed by atoms with E-state index in [9.17, 15) is 9.18 Å². The van der Waals surface area contributed by atoms with Crippen LogP contribution in [0.3, 0.4) is 0 Å². The quantitative estimate of drug-likeness (QED) is 0.629. The van der Waals surface area contributed by atoms with Gasteiger partial charge in [-0.05, 0) is 42.8 Å². The van der Waals surface area contributed by atoms with Crippen LogP contribution in [0, 0.1) is 5.82 Å². The molecule has 1 aromatic heterocycles. The number of rotatable bonds is 5. The van der Waals surface area contributed by atoms with Gasteiger partial charge in [0.1, 0.15) is 5.82 Å². The van der Waals surface area contributed by atoms with Gasteiger partial charge in [0.2, 0.25) is 5.91 Å². The standard InChI is InChI=1S/C17H14ClFN2OS2/c1-10(11-2-5-13(19)6-3-11)20-16(22)9-23-17-21-14-8-12(18)4-7-15(14)24-17/h2-8,10H,9H2,1H3,(H,20,22). The molecule has 0 aliphatic heterocycles. The van der Waals surface area contributed by atoms with Crippen molar-refractivity contribution in [3.05, 3.63) is 58.9 Å². The van der Waals surface area contributed by atoms with Gasteiger partial charge in [0.25, 0.3) is 0 Å². The van der Waals surface area contributed by atoms with Crippen molar-refractivity contribution in [3.63, 3.8) is 0 Å². The van der Waals surface area contributed by atoms with E-state index in [0.29, 0.717) is 5.02 Å². The Hall–Kier alpha value is -1.63. The predicted octanol–water partition coefficient (Wildman–Crippen LogP) is 5.06. The second-order valence-corrected chi connectivity index (χ2v) is 7.91. The third-order valence-electron chi connectivity index (χ3n) is 3.40. The maximum absolute atomic E-state index is 12.9. The molecule has 0 aliphatic rings. The van der Waals surface area contributed by atoms with E-state index in [1.54, 1.807) is 12.1 Å². The first-order valence-electron chi connectivity index (χ1n) is 7.25. The van der Waals surface area contributed by atoms with Crippen molar-refractivity contribution in [3.8, 4) is 0 Å². The summed E-state index contributed by atoms with van der Waals surface area (Å²) >= 11 is 8.88. The van der Waals surface area contributed by atoms with Gasteiger partial charge in [-0.15, -0.1) is 11.3 Å². The zero-order valence-corrected chi connectivity index (χ0v) is 15.1. The van der Waals surface area contributed by atoms with Crippen LogP contribution in [-0.4, -0.2) is 16.6 Å². The number of thioether (sulfide) groups is 1. The van der Waals surface area contributed by atoms with Crippen LogP contribution in [0.5, 0.6) is 0 Å². The second kappa shape index (κ2) is 7.51. The fourth-order valence-electron chi connectivity index (χ4n) is 2.19. The number of hydrogen-bond acceptors (Lipinski definition) is 4. The van der Waals surface area contributed by atoms with E-state index in [4.69, 9.17) is 11.6 Å². The van der Waals surface area contributed by atoms with E-state index in [0.717, 1.165) is 20.1 Å². The van der Waals surface area contributed by atoms with E-state index in [-0.39, 0.29) is 23.5 Å². The SMILES string of the molecule is CC(NC(=O)CSc1nc2cc(Cl)ccc2s1)c1ccc(F)cc1. The molecule has 0 saturated carbocycles. The number of carbonyl (C=O) groups excluding carboxylic acids is 1. The highest BCUT2D eigenvalue weighted by molar-refractivity contribution is 8.01. The lowest BCUT2D eigenvalue weighted by atomic mass is 10.1. The average Bonchev–Trinajstić information content (AvgIpc) is 2.95. The second-order valence-electron chi connectivity index (χ2n) is 5.22. The number of hydrogen-bond donors (Lipinski definition) is 1. The lowest BCUT2D eigenvalue weighted by Gasteiger charge is -2.13. The molecule has 24 heavy (non-hydrogen) atoms. The minimum Gasteiger partial charge on any atom is -0.349 e. The Bertz CT molecular complexity index is 867. The summed E-state index contributed by atoms with van der Waals surface area (Å²) in [5.74, 6) is -0.100. The molecule has 0 fully saturated rings. The molecule has 0 aliphatic carbocycles. The molecule has 3 aromatic rings. The Morgan fingerprint density at radius 3 is 2.83 bits per heavy atom. The van der Waals surface area contributed by atoms with Crippen LogP contribution in [0.15, 0.2) is 46.8 Å². The molecular formula is C17H14ClFN2OS2. The zero-order chi connectivity index (χ0) is 17.1. The number of nitrogens with zero attached hydrogens (tertiary/aromatic N) is 1. The van der Waals surface area contributed by atoms with E-state index < -0.39 is 0 Å². The molecular weight excluding hydrogens is 367 g/mol. The van der Waals surface area contributed by atoms with E-state index in [1.807, 2.05) is 25.1 Å². The highest BCUT2D eigenvalue weighted by Crippen LogP contribution is 2.30. The summed E-state index contributed by atoms with van der Waals surface area (Å²) < 4.78 is 14.8. The molecule has 124 valence electrons. The molecule has 1 atom stereocenters. The average molecular weight is 381 g/mol. The van der Waals surface area contributed by atoms with Crippen LogP contribution in [0.2, 0.25) is 5.02 Å². The maximum Gasteiger partial charge on any atom is 0.230 e. The molecule has 1 N–H and O–H groups in total. The number of aromatic nitrogens is 1. The Morgan fingerprint density at radius 1 is 1.33 bits per heavy atom. The highest BCUT2D eigenvalue weighted by atomic mass is 35.5. The number of halogens is 2. The largest absolute Gasteiger partial charge is 0.349 e. The summed E-state index contributed by atoms with van der Waals surface area (Å²) in [6, 6.07) is 11.5. The lowest BCUT2D eigenvalue weighted by Crippen LogP contribution is -2.28. The molecule has 7 heteroatoms. The van der Waals surface area contributed by atoms with Crippen LogP contribution in [0.25, 0.3) is 10.2 Å². The van der Waals surface area contributed by atoms with Crippen molar-refractivity contribution in [2.45, 2.75) is 17.3 Å². The van der Waals surface area contributed by atoms with Crippen LogP contribution >= 0.6 is 34.7 Å². The summed E-state index contributed by atoms with van der Waals surface area (Å²) in [7, 11) is 0. The topological polar surface area (TPSA) is 42.0 Å². The third-order valence-corrected chi connectivity index (χ3v) is 5.82. The first-order valence-corrected chi connectivity index (χ1v) is 9.43. The molecule has 0 spiro atoms. The number of nitrogens with one attached hydrogen (secondary N) is 1. The van der Waals surface area contributed by atoms with E-state index in [1.165, 1.54) is 35.2 Å². The molecule has 0 bridgehead atoms. The van der Waals surface area contributed by atoms with Crippen molar-refractivity contribution in [1.29, 1.82) is 0 Å².